The molecule has 0 aromatic carbocycles. The van der Waals surface area contributed by atoms with Crippen LogP contribution < -0.4 is 0 Å². The lowest BCUT2D eigenvalue weighted by molar-refractivity contribution is -0.156. The molecule has 0 unspecified atom stereocenters. The van der Waals surface area contributed by atoms with E-state index >= 15 is 0 Å². The third-order valence-corrected chi connectivity index (χ3v) is 6.42. The molecule has 4 fully saturated rings. The Balaban J connectivity index is 1.54. The zero-order chi connectivity index (χ0) is 15.5. The monoisotopic (exact) mass is 302 g/mol. The molecule has 0 aliphatic heterocycles. The van der Waals surface area contributed by atoms with Crippen molar-refractivity contribution in [3.05, 3.63) is 17.0 Å². The zero-order valence-electron chi connectivity index (χ0n) is 13.9. The summed E-state index contributed by atoms with van der Waals surface area (Å²) in [5, 5.41) is 4.01. The Morgan fingerprint density at radius 3 is 2.18 bits per heavy atom. The van der Waals surface area contributed by atoms with E-state index in [2.05, 4.69) is 5.16 Å². The van der Waals surface area contributed by atoms with Crippen molar-refractivity contribution >= 4 is 5.91 Å². The maximum absolute atomic E-state index is 13.2. The predicted molar refractivity (Wildman–Crippen MR) is 83.1 cm³/mol. The molecule has 0 saturated heterocycles. The molecule has 120 valence electrons. The third kappa shape index (κ3) is 2.10. The molecule has 1 heterocycles. The van der Waals surface area contributed by atoms with E-state index in [9.17, 15) is 4.79 Å². The predicted octanol–water partition coefficient (Wildman–Crippen LogP) is 3.47. The summed E-state index contributed by atoms with van der Waals surface area (Å²) >= 11 is 0. The van der Waals surface area contributed by atoms with Crippen LogP contribution in [0, 0.1) is 37.0 Å². The summed E-state index contributed by atoms with van der Waals surface area (Å²) in [5.74, 6) is 3.63. The molecule has 0 atom stereocenters. The highest BCUT2D eigenvalue weighted by Crippen LogP contribution is 2.60. The SMILES string of the molecule is Cc1noc(C)c1CN(C)C(=O)C12CC3CC(CC(C3)C1)C2. The van der Waals surface area contributed by atoms with Gasteiger partial charge in [-0.05, 0) is 70.1 Å². The molecule has 22 heavy (non-hydrogen) atoms. The van der Waals surface area contributed by atoms with Gasteiger partial charge in [0.15, 0.2) is 0 Å². The zero-order valence-corrected chi connectivity index (χ0v) is 13.9. The van der Waals surface area contributed by atoms with E-state index in [0.29, 0.717) is 12.5 Å². The highest BCUT2D eigenvalue weighted by Gasteiger charge is 2.55. The maximum Gasteiger partial charge on any atom is 0.228 e. The van der Waals surface area contributed by atoms with Crippen molar-refractivity contribution < 1.29 is 9.32 Å². The second kappa shape index (κ2) is 4.84. The van der Waals surface area contributed by atoms with Crippen molar-refractivity contribution in [1.29, 1.82) is 0 Å². The molecule has 4 saturated carbocycles. The molecule has 1 amide bonds. The fourth-order valence-corrected chi connectivity index (χ4v) is 5.81. The quantitative estimate of drug-likeness (QED) is 0.859. The Bertz CT molecular complexity index is 549. The van der Waals surface area contributed by atoms with Gasteiger partial charge in [-0.3, -0.25) is 4.79 Å². The Morgan fingerprint density at radius 2 is 1.73 bits per heavy atom. The second-order valence-corrected chi connectivity index (χ2v) is 8.16. The number of carbonyl (C=O) groups excluding carboxylic acids is 1. The average Bonchev–Trinajstić information content (AvgIpc) is 2.77. The molecule has 1 aromatic heterocycles. The summed E-state index contributed by atoms with van der Waals surface area (Å²) < 4.78 is 5.24. The van der Waals surface area contributed by atoms with Gasteiger partial charge >= 0.3 is 0 Å². The van der Waals surface area contributed by atoms with E-state index < -0.39 is 0 Å². The number of hydrogen-bond donors (Lipinski definition) is 0. The Labute approximate surface area is 132 Å². The minimum absolute atomic E-state index is 0.0531. The number of nitrogens with zero attached hydrogens (tertiary/aromatic N) is 2. The van der Waals surface area contributed by atoms with Gasteiger partial charge in [0.2, 0.25) is 5.91 Å². The van der Waals surface area contributed by atoms with Gasteiger partial charge in [-0.15, -0.1) is 0 Å². The summed E-state index contributed by atoms with van der Waals surface area (Å²) in [4.78, 5) is 15.2. The normalized spacial score (nSPS) is 35.9. The van der Waals surface area contributed by atoms with Gasteiger partial charge in [-0.2, -0.15) is 0 Å². The lowest BCUT2D eigenvalue weighted by Crippen LogP contribution is -2.53. The standard InChI is InChI=1S/C18H26N2O2/c1-11-16(12(2)22-19-11)10-20(3)17(21)18-7-13-4-14(8-18)6-15(5-13)9-18/h13-15H,4-10H2,1-3H3. The highest BCUT2D eigenvalue weighted by molar-refractivity contribution is 5.83. The van der Waals surface area contributed by atoms with Crippen LogP contribution in [0.25, 0.3) is 0 Å². The number of aromatic nitrogens is 1. The van der Waals surface area contributed by atoms with Gasteiger partial charge in [0, 0.05) is 12.6 Å². The Kier molecular flexibility index (Phi) is 3.14. The number of hydrogen-bond acceptors (Lipinski definition) is 3. The molecule has 4 heteroatoms. The third-order valence-electron chi connectivity index (χ3n) is 6.42. The molecule has 4 nitrogen and oxygen atoms in total. The molecular formula is C18H26N2O2. The van der Waals surface area contributed by atoms with Gasteiger partial charge in [0.05, 0.1) is 17.7 Å². The van der Waals surface area contributed by atoms with Gasteiger partial charge in [0.25, 0.3) is 0 Å². The van der Waals surface area contributed by atoms with Crippen LogP contribution in [-0.2, 0) is 11.3 Å². The van der Waals surface area contributed by atoms with Gasteiger partial charge in [-0.25, -0.2) is 0 Å². The van der Waals surface area contributed by atoms with E-state index in [1.54, 1.807) is 0 Å². The smallest absolute Gasteiger partial charge is 0.228 e. The Hall–Kier alpha value is -1.32. The molecule has 5 rings (SSSR count). The first-order valence-electron chi connectivity index (χ1n) is 8.64. The number of amides is 1. The molecule has 4 bridgehead atoms. The first kappa shape index (κ1) is 14.3. The van der Waals surface area contributed by atoms with E-state index in [0.717, 1.165) is 54.0 Å². The topological polar surface area (TPSA) is 46.3 Å². The lowest BCUT2D eigenvalue weighted by atomic mass is 9.49. The number of carbonyl (C=O) groups is 1. The van der Waals surface area contributed by atoms with E-state index in [-0.39, 0.29) is 5.41 Å². The highest BCUT2D eigenvalue weighted by atomic mass is 16.5. The van der Waals surface area contributed by atoms with Crippen molar-refractivity contribution in [3.63, 3.8) is 0 Å². The maximum atomic E-state index is 13.2. The van der Waals surface area contributed by atoms with Crippen molar-refractivity contribution in [2.24, 2.45) is 23.2 Å². The van der Waals surface area contributed by atoms with Gasteiger partial charge in [-0.1, -0.05) is 5.16 Å². The van der Waals surface area contributed by atoms with Crippen molar-refractivity contribution in [1.82, 2.24) is 10.1 Å². The van der Waals surface area contributed by atoms with Crippen LogP contribution in [0.1, 0.15) is 55.5 Å². The molecule has 4 aliphatic rings. The van der Waals surface area contributed by atoms with Gasteiger partial charge < -0.3 is 9.42 Å². The summed E-state index contributed by atoms with van der Waals surface area (Å²) in [6, 6.07) is 0. The summed E-state index contributed by atoms with van der Waals surface area (Å²) in [7, 11) is 1.95. The van der Waals surface area contributed by atoms with Crippen LogP contribution in [0.4, 0.5) is 0 Å². The van der Waals surface area contributed by atoms with E-state index in [1.807, 2.05) is 25.8 Å². The second-order valence-electron chi connectivity index (χ2n) is 8.16. The first-order valence-corrected chi connectivity index (χ1v) is 8.64. The first-order chi connectivity index (χ1) is 10.5. The minimum atomic E-state index is -0.0531. The fraction of sp³-hybridized carbons (Fsp3) is 0.778. The number of aryl methyl sites for hydroxylation is 2. The van der Waals surface area contributed by atoms with Crippen molar-refractivity contribution in [2.45, 2.75) is 58.9 Å². The molecule has 1 aromatic rings. The summed E-state index contributed by atoms with van der Waals surface area (Å²) in [5.41, 5.74) is 1.92. The van der Waals surface area contributed by atoms with E-state index in [1.165, 1.54) is 19.3 Å². The van der Waals surface area contributed by atoms with Crippen LogP contribution in [-0.4, -0.2) is 23.0 Å². The lowest BCUT2D eigenvalue weighted by Gasteiger charge is -2.56. The molecule has 0 spiro atoms. The van der Waals surface area contributed by atoms with Gasteiger partial charge in [0.1, 0.15) is 5.76 Å². The average molecular weight is 302 g/mol. The summed E-state index contributed by atoms with van der Waals surface area (Å²) in [6.45, 7) is 4.51. The molecule has 0 N–H and O–H groups in total. The minimum Gasteiger partial charge on any atom is -0.361 e. The fourth-order valence-electron chi connectivity index (χ4n) is 5.81. The van der Waals surface area contributed by atoms with Crippen molar-refractivity contribution in [2.75, 3.05) is 7.05 Å². The number of rotatable bonds is 3. The van der Waals surface area contributed by atoms with Crippen LogP contribution >= 0.6 is 0 Å². The molecular weight excluding hydrogens is 276 g/mol. The van der Waals surface area contributed by atoms with E-state index in [4.69, 9.17) is 4.52 Å². The van der Waals surface area contributed by atoms with Crippen LogP contribution in [0.5, 0.6) is 0 Å². The van der Waals surface area contributed by atoms with Crippen LogP contribution in [0.3, 0.4) is 0 Å². The summed E-state index contributed by atoms with van der Waals surface area (Å²) in [6.07, 6.45) is 7.51. The Morgan fingerprint density at radius 1 is 1.18 bits per heavy atom. The molecule has 0 radical (unpaired) electrons. The van der Waals surface area contributed by atoms with Crippen LogP contribution in [0.15, 0.2) is 4.52 Å². The van der Waals surface area contributed by atoms with Crippen LogP contribution in [0.2, 0.25) is 0 Å². The largest absolute Gasteiger partial charge is 0.361 e. The van der Waals surface area contributed by atoms with Crippen molar-refractivity contribution in [3.8, 4) is 0 Å². The molecule has 4 aliphatic carbocycles.